The van der Waals surface area contributed by atoms with Gasteiger partial charge < -0.3 is 15.4 Å². The lowest BCUT2D eigenvalue weighted by molar-refractivity contribution is 0.0958. The van der Waals surface area contributed by atoms with E-state index < -0.39 is 0 Å². The molecule has 1 aliphatic heterocycles. The van der Waals surface area contributed by atoms with E-state index in [0.717, 1.165) is 11.3 Å². The molecule has 0 radical (unpaired) electrons. The zero-order chi connectivity index (χ0) is 21.1. The predicted molar refractivity (Wildman–Crippen MR) is 111 cm³/mol. The average molecular weight is 406 g/mol. The highest BCUT2D eigenvalue weighted by molar-refractivity contribution is 6.03. The van der Waals surface area contributed by atoms with E-state index in [0.29, 0.717) is 30.2 Å². The van der Waals surface area contributed by atoms with Crippen molar-refractivity contribution in [3.63, 3.8) is 0 Å². The SMILES string of the molecule is CNC(=O)c1cc(Oc2ccc3c(c2)CCN3C(=O)Nc2ccc(F)cc2)ccn1. The third-order valence-corrected chi connectivity index (χ3v) is 4.71. The minimum atomic E-state index is -0.358. The molecule has 1 aromatic heterocycles. The Bertz CT molecular complexity index is 1100. The Balaban J connectivity index is 1.48. The number of urea groups is 1. The van der Waals surface area contributed by atoms with Gasteiger partial charge in [0.1, 0.15) is 23.0 Å². The number of carbonyl (C=O) groups is 2. The minimum Gasteiger partial charge on any atom is -0.457 e. The number of hydrogen-bond acceptors (Lipinski definition) is 4. The highest BCUT2D eigenvalue weighted by Crippen LogP contribution is 2.33. The van der Waals surface area contributed by atoms with Crippen LogP contribution in [0.25, 0.3) is 0 Å². The largest absolute Gasteiger partial charge is 0.457 e. The fourth-order valence-electron chi connectivity index (χ4n) is 3.24. The summed E-state index contributed by atoms with van der Waals surface area (Å²) in [6, 6.07) is 14.0. The van der Waals surface area contributed by atoms with Crippen LogP contribution in [0.3, 0.4) is 0 Å². The van der Waals surface area contributed by atoms with Crippen LogP contribution in [0, 0.1) is 5.82 Å². The van der Waals surface area contributed by atoms with Gasteiger partial charge in [0.25, 0.3) is 5.91 Å². The van der Waals surface area contributed by atoms with E-state index >= 15 is 0 Å². The summed E-state index contributed by atoms with van der Waals surface area (Å²) >= 11 is 0. The van der Waals surface area contributed by atoms with Gasteiger partial charge in [0.15, 0.2) is 0 Å². The Hall–Kier alpha value is -3.94. The lowest BCUT2D eigenvalue weighted by Crippen LogP contribution is -2.33. The number of amides is 3. The maximum absolute atomic E-state index is 13.0. The fourth-order valence-corrected chi connectivity index (χ4v) is 3.24. The zero-order valence-corrected chi connectivity index (χ0v) is 16.2. The predicted octanol–water partition coefficient (Wildman–Crippen LogP) is 3.97. The maximum Gasteiger partial charge on any atom is 0.326 e. The van der Waals surface area contributed by atoms with Crippen LogP contribution < -0.4 is 20.3 Å². The number of nitrogens with zero attached hydrogens (tertiary/aromatic N) is 2. The topological polar surface area (TPSA) is 83.6 Å². The van der Waals surface area contributed by atoms with Gasteiger partial charge >= 0.3 is 6.03 Å². The van der Waals surface area contributed by atoms with Gasteiger partial charge in [0.05, 0.1) is 0 Å². The molecule has 0 saturated heterocycles. The number of nitrogens with one attached hydrogen (secondary N) is 2. The summed E-state index contributed by atoms with van der Waals surface area (Å²) in [7, 11) is 1.54. The van der Waals surface area contributed by atoms with E-state index in [-0.39, 0.29) is 23.4 Å². The van der Waals surface area contributed by atoms with Gasteiger partial charge in [-0.2, -0.15) is 0 Å². The molecule has 4 rings (SSSR count). The first-order valence-corrected chi connectivity index (χ1v) is 9.36. The van der Waals surface area contributed by atoms with Gasteiger partial charge in [0.2, 0.25) is 0 Å². The van der Waals surface area contributed by atoms with Crippen LogP contribution in [0.15, 0.2) is 60.8 Å². The third kappa shape index (κ3) is 4.07. The van der Waals surface area contributed by atoms with Gasteiger partial charge in [-0.15, -0.1) is 0 Å². The number of ether oxygens (including phenoxy) is 1. The molecule has 30 heavy (non-hydrogen) atoms. The summed E-state index contributed by atoms with van der Waals surface area (Å²) in [5.74, 6) is 0.442. The summed E-state index contributed by atoms with van der Waals surface area (Å²) < 4.78 is 18.9. The number of halogens is 1. The van der Waals surface area contributed by atoms with Crippen molar-refractivity contribution in [2.75, 3.05) is 23.8 Å². The van der Waals surface area contributed by atoms with Crippen molar-refractivity contribution in [2.24, 2.45) is 0 Å². The van der Waals surface area contributed by atoms with E-state index in [4.69, 9.17) is 4.74 Å². The Kier molecular flexibility index (Phi) is 5.30. The van der Waals surface area contributed by atoms with Crippen LogP contribution in [0.5, 0.6) is 11.5 Å². The number of carbonyl (C=O) groups excluding carboxylic acids is 2. The molecule has 0 bridgehead atoms. The highest BCUT2D eigenvalue weighted by atomic mass is 19.1. The van der Waals surface area contributed by atoms with E-state index in [2.05, 4.69) is 15.6 Å². The molecule has 3 aromatic rings. The Labute approximate surface area is 172 Å². The molecule has 152 valence electrons. The minimum absolute atomic E-state index is 0.264. The molecular formula is C22H19FN4O3. The fraction of sp³-hybridized carbons (Fsp3) is 0.136. The van der Waals surface area contributed by atoms with Crippen LogP contribution in [0.1, 0.15) is 16.1 Å². The first-order chi connectivity index (χ1) is 14.5. The molecule has 2 aromatic carbocycles. The zero-order valence-electron chi connectivity index (χ0n) is 16.2. The molecule has 0 atom stereocenters. The summed E-state index contributed by atoms with van der Waals surface area (Å²) in [5.41, 5.74) is 2.56. The molecule has 2 N–H and O–H groups in total. The number of fused-ring (bicyclic) bond motifs is 1. The number of anilines is 2. The molecule has 1 aliphatic rings. The third-order valence-electron chi connectivity index (χ3n) is 4.71. The Morgan fingerprint density at radius 3 is 2.60 bits per heavy atom. The molecule has 0 fully saturated rings. The molecule has 3 amide bonds. The standard InChI is InChI=1S/C22H19FN4O3/c1-24-21(28)19-13-18(8-10-25-19)30-17-6-7-20-14(12-17)9-11-27(20)22(29)26-16-4-2-15(23)3-5-16/h2-8,10,12-13H,9,11H2,1H3,(H,24,28)(H,26,29). The van der Waals surface area contributed by atoms with Crippen molar-refractivity contribution in [3.8, 4) is 11.5 Å². The maximum atomic E-state index is 13.0. The molecule has 7 nitrogen and oxygen atoms in total. The number of aromatic nitrogens is 1. The van der Waals surface area contributed by atoms with Crippen LogP contribution >= 0.6 is 0 Å². The van der Waals surface area contributed by atoms with Crippen LogP contribution in [0.2, 0.25) is 0 Å². The normalized spacial score (nSPS) is 12.3. The van der Waals surface area contributed by atoms with Gasteiger partial charge in [0, 0.05) is 37.2 Å². The summed E-state index contributed by atoms with van der Waals surface area (Å²) in [5, 5.41) is 5.30. The number of benzene rings is 2. The summed E-state index contributed by atoms with van der Waals surface area (Å²) in [6.45, 7) is 0.530. The lowest BCUT2D eigenvalue weighted by Gasteiger charge is -2.18. The summed E-state index contributed by atoms with van der Waals surface area (Å²) in [6.07, 6.45) is 2.19. The smallest absolute Gasteiger partial charge is 0.326 e. The number of hydrogen-bond donors (Lipinski definition) is 2. The van der Waals surface area contributed by atoms with Crippen LogP contribution in [0.4, 0.5) is 20.6 Å². The van der Waals surface area contributed by atoms with Crippen LogP contribution in [-0.4, -0.2) is 30.5 Å². The van der Waals surface area contributed by atoms with Crippen molar-refractivity contribution in [1.29, 1.82) is 0 Å². The molecule has 2 heterocycles. The quantitative estimate of drug-likeness (QED) is 0.687. The first-order valence-electron chi connectivity index (χ1n) is 9.36. The second-order valence-corrected chi connectivity index (χ2v) is 6.69. The Morgan fingerprint density at radius 1 is 1.07 bits per heavy atom. The molecular weight excluding hydrogens is 387 g/mol. The second-order valence-electron chi connectivity index (χ2n) is 6.69. The van der Waals surface area contributed by atoms with Gasteiger partial charge in [-0.25, -0.2) is 9.18 Å². The number of pyridine rings is 1. The van der Waals surface area contributed by atoms with E-state index in [1.54, 1.807) is 23.1 Å². The van der Waals surface area contributed by atoms with Crippen molar-refractivity contribution in [2.45, 2.75) is 6.42 Å². The van der Waals surface area contributed by atoms with Gasteiger partial charge in [-0.1, -0.05) is 0 Å². The van der Waals surface area contributed by atoms with Crippen molar-refractivity contribution < 1.29 is 18.7 Å². The van der Waals surface area contributed by atoms with Crippen molar-refractivity contribution in [3.05, 3.63) is 77.9 Å². The molecule has 0 spiro atoms. The van der Waals surface area contributed by atoms with E-state index in [9.17, 15) is 14.0 Å². The molecule has 0 aliphatic carbocycles. The first kappa shape index (κ1) is 19.4. The Morgan fingerprint density at radius 2 is 1.83 bits per heavy atom. The second kappa shape index (κ2) is 8.20. The molecule has 0 unspecified atom stereocenters. The van der Waals surface area contributed by atoms with Gasteiger partial charge in [-0.3, -0.25) is 14.7 Å². The van der Waals surface area contributed by atoms with E-state index in [1.807, 2.05) is 12.1 Å². The van der Waals surface area contributed by atoms with Crippen molar-refractivity contribution >= 4 is 23.3 Å². The summed E-state index contributed by atoms with van der Waals surface area (Å²) in [4.78, 5) is 30.0. The van der Waals surface area contributed by atoms with Gasteiger partial charge in [-0.05, 0) is 60.5 Å². The van der Waals surface area contributed by atoms with Crippen molar-refractivity contribution in [1.82, 2.24) is 10.3 Å². The molecule has 8 heteroatoms. The lowest BCUT2D eigenvalue weighted by atomic mass is 10.1. The number of rotatable bonds is 4. The van der Waals surface area contributed by atoms with E-state index in [1.165, 1.54) is 37.5 Å². The highest BCUT2D eigenvalue weighted by Gasteiger charge is 2.25. The van der Waals surface area contributed by atoms with Crippen LogP contribution in [-0.2, 0) is 6.42 Å². The molecule has 0 saturated carbocycles. The monoisotopic (exact) mass is 406 g/mol. The average Bonchev–Trinajstić information content (AvgIpc) is 3.18.